The van der Waals surface area contributed by atoms with Crippen LogP contribution in [0.15, 0.2) is 23.1 Å². The first-order chi connectivity index (χ1) is 9.58. The van der Waals surface area contributed by atoms with E-state index in [1.165, 1.54) is 12.1 Å². The summed E-state index contributed by atoms with van der Waals surface area (Å²) in [5, 5.41) is 7.47. The highest BCUT2D eigenvalue weighted by Gasteiger charge is 2.33. The van der Waals surface area contributed by atoms with Gasteiger partial charge in [-0.2, -0.15) is 0 Å². The smallest absolute Gasteiger partial charge is 0.238 e. The monoisotopic (exact) mass is 352 g/mol. The van der Waals surface area contributed by atoms with E-state index in [-0.39, 0.29) is 33.5 Å². The molecule has 1 fully saturated rings. The fourth-order valence-electron chi connectivity index (χ4n) is 2.01. The van der Waals surface area contributed by atoms with Crippen molar-refractivity contribution < 1.29 is 21.6 Å². The SMILES string of the molecule is NS(=O)(=O)c1ccc(NC(=O)C2CCS(=O)(=O)C2)c(Cl)c1. The summed E-state index contributed by atoms with van der Waals surface area (Å²) in [4.78, 5) is 11.8. The van der Waals surface area contributed by atoms with E-state index in [1.54, 1.807) is 0 Å². The predicted octanol–water partition coefficient (Wildman–Crippen LogP) is 0.361. The number of primary sulfonamides is 1. The van der Waals surface area contributed by atoms with E-state index in [0.29, 0.717) is 0 Å². The van der Waals surface area contributed by atoms with Crippen LogP contribution in [0.25, 0.3) is 0 Å². The van der Waals surface area contributed by atoms with Crippen molar-refractivity contribution in [3.8, 4) is 0 Å². The summed E-state index contributed by atoms with van der Waals surface area (Å²) in [6.07, 6.45) is 0.265. The van der Waals surface area contributed by atoms with Crippen LogP contribution < -0.4 is 10.5 Å². The average Bonchev–Trinajstić information content (AvgIpc) is 2.71. The molecule has 0 spiro atoms. The van der Waals surface area contributed by atoms with Gasteiger partial charge in [-0.05, 0) is 24.6 Å². The number of benzene rings is 1. The molecule has 116 valence electrons. The number of nitrogens with two attached hydrogens (primary N) is 1. The minimum Gasteiger partial charge on any atom is -0.324 e. The second kappa shape index (κ2) is 5.56. The van der Waals surface area contributed by atoms with Gasteiger partial charge in [-0.25, -0.2) is 22.0 Å². The van der Waals surface area contributed by atoms with Crippen LogP contribution in [0.5, 0.6) is 0 Å². The van der Waals surface area contributed by atoms with Crippen LogP contribution in [0.2, 0.25) is 5.02 Å². The number of sulfonamides is 1. The first-order valence-corrected chi connectivity index (χ1v) is 9.67. The molecule has 2 rings (SSSR count). The van der Waals surface area contributed by atoms with E-state index in [9.17, 15) is 21.6 Å². The van der Waals surface area contributed by atoms with Crippen LogP contribution in [-0.2, 0) is 24.7 Å². The topological polar surface area (TPSA) is 123 Å². The van der Waals surface area contributed by atoms with Gasteiger partial charge in [0.2, 0.25) is 15.9 Å². The molecule has 7 nitrogen and oxygen atoms in total. The number of amides is 1. The Labute approximate surface area is 127 Å². The number of sulfone groups is 1. The van der Waals surface area contributed by atoms with Crippen LogP contribution in [-0.4, -0.2) is 34.2 Å². The van der Waals surface area contributed by atoms with Crippen LogP contribution in [0.1, 0.15) is 6.42 Å². The quantitative estimate of drug-likeness (QED) is 0.812. The van der Waals surface area contributed by atoms with Gasteiger partial charge in [0, 0.05) is 0 Å². The van der Waals surface area contributed by atoms with E-state index in [1.807, 2.05) is 0 Å². The lowest BCUT2D eigenvalue weighted by molar-refractivity contribution is -0.119. The van der Waals surface area contributed by atoms with Gasteiger partial charge in [0.05, 0.1) is 33.0 Å². The normalized spacial score (nSPS) is 21.1. The summed E-state index contributed by atoms with van der Waals surface area (Å²) in [7, 11) is -7.04. The summed E-state index contributed by atoms with van der Waals surface area (Å²) in [5.74, 6) is -1.28. The van der Waals surface area contributed by atoms with Gasteiger partial charge in [0.15, 0.2) is 9.84 Å². The van der Waals surface area contributed by atoms with Crippen molar-refractivity contribution >= 4 is 43.1 Å². The van der Waals surface area contributed by atoms with Crippen LogP contribution in [0.4, 0.5) is 5.69 Å². The molecular weight excluding hydrogens is 340 g/mol. The molecule has 1 aromatic carbocycles. The molecule has 10 heteroatoms. The molecular formula is C11H13ClN2O5S2. The van der Waals surface area contributed by atoms with Gasteiger partial charge in [0.1, 0.15) is 0 Å². The summed E-state index contributed by atoms with van der Waals surface area (Å²) in [5.41, 5.74) is 0.207. The molecule has 1 amide bonds. The van der Waals surface area contributed by atoms with Crippen molar-refractivity contribution in [2.75, 3.05) is 16.8 Å². The van der Waals surface area contributed by atoms with E-state index < -0.39 is 31.7 Å². The summed E-state index contributed by atoms with van der Waals surface area (Å²) in [6, 6.07) is 3.64. The van der Waals surface area contributed by atoms with Gasteiger partial charge < -0.3 is 5.32 Å². The zero-order valence-electron chi connectivity index (χ0n) is 10.7. The second-order valence-corrected chi connectivity index (χ2v) is 8.97. The van der Waals surface area contributed by atoms with Crippen molar-refractivity contribution in [3.05, 3.63) is 23.2 Å². The third-order valence-electron chi connectivity index (χ3n) is 3.13. The molecule has 21 heavy (non-hydrogen) atoms. The highest BCUT2D eigenvalue weighted by molar-refractivity contribution is 7.91. The largest absolute Gasteiger partial charge is 0.324 e. The Morgan fingerprint density at radius 2 is 2.05 bits per heavy atom. The zero-order chi connectivity index (χ0) is 15.8. The van der Waals surface area contributed by atoms with Crippen molar-refractivity contribution in [2.24, 2.45) is 11.1 Å². The average molecular weight is 353 g/mol. The maximum absolute atomic E-state index is 12.0. The highest BCUT2D eigenvalue weighted by Crippen LogP contribution is 2.27. The molecule has 0 aromatic heterocycles. The number of anilines is 1. The maximum atomic E-state index is 12.0. The minimum atomic E-state index is -3.88. The fourth-order valence-corrected chi connectivity index (χ4v) is 4.58. The predicted molar refractivity (Wildman–Crippen MR) is 78.2 cm³/mol. The third kappa shape index (κ3) is 3.94. The zero-order valence-corrected chi connectivity index (χ0v) is 13.1. The highest BCUT2D eigenvalue weighted by atomic mass is 35.5. The van der Waals surface area contributed by atoms with Gasteiger partial charge in [-0.1, -0.05) is 11.6 Å². The Kier molecular flexibility index (Phi) is 4.29. The van der Waals surface area contributed by atoms with E-state index in [2.05, 4.69) is 5.32 Å². The lowest BCUT2D eigenvalue weighted by Crippen LogP contribution is -2.24. The van der Waals surface area contributed by atoms with Gasteiger partial charge in [0.25, 0.3) is 0 Å². The minimum absolute atomic E-state index is 0.00993. The molecule has 0 radical (unpaired) electrons. The lowest BCUT2D eigenvalue weighted by atomic mass is 10.1. The molecule has 1 aliphatic rings. The van der Waals surface area contributed by atoms with Crippen LogP contribution in [0.3, 0.4) is 0 Å². The molecule has 1 aromatic rings. The standard InChI is InChI=1S/C11H13ClN2O5S2/c12-9-5-8(21(13,18)19)1-2-10(9)14-11(15)7-3-4-20(16,17)6-7/h1-2,5,7H,3-4,6H2,(H,14,15)(H2,13,18,19). The number of hydrogen-bond donors (Lipinski definition) is 2. The summed E-state index contributed by atoms with van der Waals surface area (Å²) in [6.45, 7) is 0. The molecule has 1 heterocycles. The van der Waals surface area contributed by atoms with E-state index >= 15 is 0 Å². The maximum Gasteiger partial charge on any atom is 0.238 e. The van der Waals surface area contributed by atoms with Crippen molar-refractivity contribution in [2.45, 2.75) is 11.3 Å². The number of halogens is 1. The molecule has 1 atom stereocenters. The molecule has 1 aliphatic heterocycles. The van der Waals surface area contributed by atoms with Gasteiger partial charge in [-0.15, -0.1) is 0 Å². The summed E-state index contributed by atoms with van der Waals surface area (Å²) < 4.78 is 45.0. The van der Waals surface area contributed by atoms with Crippen LogP contribution in [0, 0.1) is 5.92 Å². The lowest BCUT2D eigenvalue weighted by Gasteiger charge is -2.11. The second-order valence-electron chi connectivity index (χ2n) is 4.78. The van der Waals surface area contributed by atoms with Crippen LogP contribution >= 0.6 is 11.6 Å². The number of rotatable bonds is 3. The Morgan fingerprint density at radius 3 is 2.52 bits per heavy atom. The van der Waals surface area contributed by atoms with E-state index in [4.69, 9.17) is 16.7 Å². The fraction of sp³-hybridized carbons (Fsp3) is 0.364. The molecule has 0 saturated carbocycles. The Hall–Kier alpha value is -1.16. The van der Waals surface area contributed by atoms with E-state index in [0.717, 1.165) is 6.07 Å². The number of nitrogens with one attached hydrogen (secondary N) is 1. The molecule has 0 aliphatic carbocycles. The first-order valence-electron chi connectivity index (χ1n) is 5.92. The molecule has 3 N–H and O–H groups in total. The molecule has 0 bridgehead atoms. The van der Waals surface area contributed by atoms with Crippen molar-refractivity contribution in [1.29, 1.82) is 0 Å². The van der Waals surface area contributed by atoms with Crippen molar-refractivity contribution in [1.82, 2.24) is 0 Å². The summed E-state index contributed by atoms with van der Waals surface area (Å²) >= 11 is 5.89. The number of hydrogen-bond acceptors (Lipinski definition) is 5. The van der Waals surface area contributed by atoms with Crippen molar-refractivity contribution in [3.63, 3.8) is 0 Å². The van der Waals surface area contributed by atoms with Gasteiger partial charge >= 0.3 is 0 Å². The third-order valence-corrected chi connectivity index (χ3v) is 6.12. The molecule has 1 saturated heterocycles. The molecule has 1 unspecified atom stereocenters. The first kappa shape index (κ1) is 16.2. The Balaban J connectivity index is 2.16. The number of carbonyl (C=O) groups is 1. The number of carbonyl (C=O) groups excluding carboxylic acids is 1. The Bertz CT molecular complexity index is 789. The van der Waals surface area contributed by atoms with Gasteiger partial charge in [-0.3, -0.25) is 4.79 Å². The Morgan fingerprint density at radius 1 is 1.38 bits per heavy atom.